The SMILES string of the molecule is O=C(Nc1ccc2c(c1)CNCC2)c1ccc(Br)c(Cl)c1. The Balaban J connectivity index is 1.79. The topological polar surface area (TPSA) is 41.1 Å². The zero-order chi connectivity index (χ0) is 14.8. The summed E-state index contributed by atoms with van der Waals surface area (Å²) in [6, 6.07) is 11.2. The Morgan fingerprint density at radius 1 is 1.19 bits per heavy atom. The fourth-order valence-corrected chi connectivity index (χ4v) is 2.83. The van der Waals surface area contributed by atoms with Gasteiger partial charge in [-0.15, -0.1) is 0 Å². The number of fused-ring (bicyclic) bond motifs is 1. The van der Waals surface area contributed by atoms with Crippen LogP contribution in [0.1, 0.15) is 21.5 Å². The van der Waals surface area contributed by atoms with Crippen molar-refractivity contribution in [2.45, 2.75) is 13.0 Å². The first-order valence-corrected chi connectivity index (χ1v) is 7.89. The molecule has 1 aliphatic heterocycles. The molecule has 0 fully saturated rings. The quantitative estimate of drug-likeness (QED) is 0.844. The molecule has 0 aromatic heterocycles. The number of halogens is 2. The number of benzene rings is 2. The van der Waals surface area contributed by atoms with Crippen molar-refractivity contribution in [3.8, 4) is 0 Å². The molecular formula is C16H14BrClN2O. The molecule has 0 bridgehead atoms. The Kier molecular flexibility index (Phi) is 4.29. The fourth-order valence-electron chi connectivity index (χ4n) is 2.40. The lowest BCUT2D eigenvalue weighted by atomic mass is 10.0. The lowest BCUT2D eigenvalue weighted by Gasteiger charge is -2.18. The molecule has 3 rings (SSSR count). The summed E-state index contributed by atoms with van der Waals surface area (Å²) in [4.78, 5) is 12.2. The van der Waals surface area contributed by atoms with Gasteiger partial charge in [-0.05, 0) is 70.4 Å². The van der Waals surface area contributed by atoms with Gasteiger partial charge in [-0.2, -0.15) is 0 Å². The van der Waals surface area contributed by atoms with Crippen molar-refractivity contribution < 1.29 is 4.79 Å². The second-order valence-electron chi connectivity index (χ2n) is 4.99. The first-order valence-electron chi connectivity index (χ1n) is 6.72. The second kappa shape index (κ2) is 6.18. The van der Waals surface area contributed by atoms with Crippen LogP contribution in [0, 0.1) is 0 Å². The second-order valence-corrected chi connectivity index (χ2v) is 6.25. The Labute approximate surface area is 136 Å². The highest BCUT2D eigenvalue weighted by Gasteiger charge is 2.12. The molecule has 0 spiro atoms. The zero-order valence-electron chi connectivity index (χ0n) is 11.2. The van der Waals surface area contributed by atoms with Crippen molar-refractivity contribution in [3.63, 3.8) is 0 Å². The smallest absolute Gasteiger partial charge is 0.255 e. The number of nitrogens with one attached hydrogen (secondary N) is 2. The number of carbonyl (C=O) groups excluding carboxylic acids is 1. The lowest BCUT2D eigenvalue weighted by molar-refractivity contribution is 0.102. The number of anilines is 1. The van der Waals surface area contributed by atoms with Crippen LogP contribution in [-0.2, 0) is 13.0 Å². The molecule has 2 N–H and O–H groups in total. The van der Waals surface area contributed by atoms with Crippen LogP contribution in [0.2, 0.25) is 5.02 Å². The lowest BCUT2D eigenvalue weighted by Crippen LogP contribution is -2.23. The highest BCUT2D eigenvalue weighted by Crippen LogP contribution is 2.24. The molecule has 2 aromatic carbocycles. The van der Waals surface area contributed by atoms with Crippen LogP contribution in [0.25, 0.3) is 0 Å². The van der Waals surface area contributed by atoms with E-state index in [-0.39, 0.29) is 5.91 Å². The summed E-state index contributed by atoms with van der Waals surface area (Å²) in [7, 11) is 0. The zero-order valence-corrected chi connectivity index (χ0v) is 13.6. The van der Waals surface area contributed by atoms with Crippen molar-refractivity contribution in [1.82, 2.24) is 5.32 Å². The van der Waals surface area contributed by atoms with Gasteiger partial charge in [0.1, 0.15) is 0 Å². The van der Waals surface area contributed by atoms with E-state index >= 15 is 0 Å². The van der Waals surface area contributed by atoms with E-state index in [1.807, 2.05) is 12.1 Å². The first-order chi connectivity index (χ1) is 10.1. The monoisotopic (exact) mass is 364 g/mol. The van der Waals surface area contributed by atoms with Crippen molar-refractivity contribution in [2.75, 3.05) is 11.9 Å². The summed E-state index contributed by atoms with van der Waals surface area (Å²) >= 11 is 9.34. The van der Waals surface area contributed by atoms with Gasteiger partial charge in [0.05, 0.1) is 5.02 Å². The van der Waals surface area contributed by atoms with Gasteiger partial charge in [0, 0.05) is 22.3 Å². The molecule has 0 atom stereocenters. The van der Waals surface area contributed by atoms with Crippen molar-refractivity contribution in [3.05, 3.63) is 62.6 Å². The van der Waals surface area contributed by atoms with Gasteiger partial charge in [0.15, 0.2) is 0 Å². The van der Waals surface area contributed by atoms with E-state index in [1.165, 1.54) is 11.1 Å². The van der Waals surface area contributed by atoms with Crippen LogP contribution >= 0.6 is 27.5 Å². The average molecular weight is 366 g/mol. The number of rotatable bonds is 2. The first kappa shape index (κ1) is 14.6. The molecule has 1 heterocycles. The Bertz CT molecular complexity index is 703. The molecule has 1 amide bonds. The van der Waals surface area contributed by atoms with Gasteiger partial charge in [-0.25, -0.2) is 0 Å². The van der Waals surface area contributed by atoms with Crippen LogP contribution in [0.15, 0.2) is 40.9 Å². The third-order valence-electron chi connectivity index (χ3n) is 3.53. The van der Waals surface area contributed by atoms with Crippen LogP contribution in [0.3, 0.4) is 0 Å². The molecule has 0 unspecified atom stereocenters. The number of amides is 1. The molecule has 1 aliphatic rings. The maximum absolute atomic E-state index is 12.2. The minimum Gasteiger partial charge on any atom is -0.322 e. The van der Waals surface area contributed by atoms with E-state index in [4.69, 9.17) is 11.6 Å². The third-order valence-corrected chi connectivity index (χ3v) is 4.76. The van der Waals surface area contributed by atoms with Gasteiger partial charge in [-0.3, -0.25) is 4.79 Å². The van der Waals surface area contributed by atoms with Gasteiger partial charge < -0.3 is 10.6 Å². The summed E-state index contributed by atoms with van der Waals surface area (Å²) < 4.78 is 0.778. The van der Waals surface area contributed by atoms with Crippen molar-refractivity contribution in [1.29, 1.82) is 0 Å². The largest absolute Gasteiger partial charge is 0.322 e. The normalized spacial score (nSPS) is 13.6. The highest BCUT2D eigenvalue weighted by molar-refractivity contribution is 9.10. The minimum atomic E-state index is -0.159. The van der Waals surface area contributed by atoms with Crippen molar-refractivity contribution >= 4 is 39.1 Å². The van der Waals surface area contributed by atoms with Crippen LogP contribution in [-0.4, -0.2) is 12.5 Å². The molecular weight excluding hydrogens is 352 g/mol. The van der Waals surface area contributed by atoms with E-state index in [1.54, 1.807) is 18.2 Å². The molecule has 0 saturated heterocycles. The Morgan fingerprint density at radius 2 is 2.05 bits per heavy atom. The molecule has 108 valence electrons. The third kappa shape index (κ3) is 3.28. The molecule has 0 saturated carbocycles. The van der Waals surface area contributed by atoms with Crippen LogP contribution in [0.4, 0.5) is 5.69 Å². The summed E-state index contributed by atoms with van der Waals surface area (Å²) in [6.07, 6.45) is 1.03. The fraction of sp³-hybridized carbons (Fsp3) is 0.188. The molecule has 21 heavy (non-hydrogen) atoms. The van der Waals surface area contributed by atoms with Gasteiger partial charge in [-0.1, -0.05) is 17.7 Å². The molecule has 3 nitrogen and oxygen atoms in total. The highest BCUT2D eigenvalue weighted by atomic mass is 79.9. The number of hydrogen-bond donors (Lipinski definition) is 2. The van der Waals surface area contributed by atoms with Gasteiger partial charge in [0.25, 0.3) is 5.91 Å². The summed E-state index contributed by atoms with van der Waals surface area (Å²) in [6.45, 7) is 1.86. The molecule has 2 aromatic rings. The maximum atomic E-state index is 12.2. The van der Waals surface area contributed by atoms with E-state index < -0.39 is 0 Å². The minimum absolute atomic E-state index is 0.159. The molecule has 0 radical (unpaired) electrons. The van der Waals surface area contributed by atoms with Crippen molar-refractivity contribution in [2.24, 2.45) is 0 Å². The average Bonchev–Trinajstić information content (AvgIpc) is 2.50. The van der Waals surface area contributed by atoms with E-state index in [0.29, 0.717) is 10.6 Å². The number of hydrogen-bond acceptors (Lipinski definition) is 2. The van der Waals surface area contributed by atoms with Crippen LogP contribution < -0.4 is 10.6 Å². The Morgan fingerprint density at radius 3 is 2.86 bits per heavy atom. The van der Waals surface area contributed by atoms with Gasteiger partial charge >= 0.3 is 0 Å². The standard InChI is InChI=1S/C16H14BrClN2O/c17-14-4-2-11(8-15(14)18)16(21)20-13-3-1-10-5-6-19-9-12(10)7-13/h1-4,7-8,19H,5-6,9H2,(H,20,21). The summed E-state index contributed by atoms with van der Waals surface area (Å²) in [5, 5.41) is 6.77. The number of carbonyl (C=O) groups is 1. The predicted octanol–water partition coefficient (Wildman–Crippen LogP) is 4.00. The van der Waals surface area contributed by atoms with E-state index in [9.17, 15) is 4.79 Å². The summed E-state index contributed by atoms with van der Waals surface area (Å²) in [5.41, 5.74) is 3.94. The molecule has 0 aliphatic carbocycles. The summed E-state index contributed by atoms with van der Waals surface area (Å²) in [5.74, 6) is -0.159. The predicted molar refractivity (Wildman–Crippen MR) is 89.0 cm³/mol. The Hall–Kier alpha value is -1.36. The van der Waals surface area contributed by atoms with E-state index in [2.05, 4.69) is 32.6 Å². The van der Waals surface area contributed by atoms with E-state index in [0.717, 1.165) is 29.7 Å². The van der Waals surface area contributed by atoms with Gasteiger partial charge in [0.2, 0.25) is 0 Å². The molecule has 5 heteroatoms. The maximum Gasteiger partial charge on any atom is 0.255 e. The van der Waals surface area contributed by atoms with Crippen LogP contribution in [0.5, 0.6) is 0 Å².